The van der Waals surface area contributed by atoms with Gasteiger partial charge < -0.3 is 14.2 Å². The molecule has 3 rings (SSSR count). The van der Waals surface area contributed by atoms with Gasteiger partial charge in [-0.2, -0.15) is 5.10 Å². The van der Waals surface area contributed by atoms with Gasteiger partial charge in [0.1, 0.15) is 23.9 Å². The van der Waals surface area contributed by atoms with Gasteiger partial charge in [-0.15, -0.1) is 0 Å². The first kappa shape index (κ1) is 21.2. The fourth-order valence-electron chi connectivity index (χ4n) is 2.46. The second-order valence-corrected chi connectivity index (χ2v) is 6.68. The van der Waals surface area contributed by atoms with Crippen molar-refractivity contribution in [1.29, 1.82) is 0 Å². The highest BCUT2D eigenvalue weighted by Gasteiger charge is 2.02. The second kappa shape index (κ2) is 10.9. The molecule has 7 heteroatoms. The molecule has 3 aromatic rings. The molecular weight excluding hydrogens is 404 g/mol. The lowest BCUT2D eigenvalue weighted by Crippen LogP contribution is -2.24. The molecule has 6 nitrogen and oxygen atoms in total. The maximum absolute atomic E-state index is 11.9. The number of nitrogens with one attached hydrogen (secondary N) is 1. The number of amides is 1. The first-order valence-electron chi connectivity index (χ1n) is 9.18. The van der Waals surface area contributed by atoms with E-state index in [4.69, 9.17) is 25.8 Å². The molecule has 0 fully saturated rings. The molecule has 0 aliphatic carbocycles. The number of halogens is 1. The Morgan fingerprint density at radius 1 is 0.967 bits per heavy atom. The van der Waals surface area contributed by atoms with Crippen molar-refractivity contribution < 1.29 is 19.0 Å². The van der Waals surface area contributed by atoms with Crippen LogP contribution in [-0.2, 0) is 11.4 Å². The Hall–Kier alpha value is -3.51. The zero-order chi connectivity index (χ0) is 21.2. The molecule has 0 spiro atoms. The second-order valence-electron chi connectivity index (χ2n) is 6.25. The quantitative estimate of drug-likeness (QED) is 0.407. The van der Waals surface area contributed by atoms with E-state index in [1.54, 1.807) is 37.6 Å². The average Bonchev–Trinajstić information content (AvgIpc) is 2.78. The van der Waals surface area contributed by atoms with Gasteiger partial charge in [-0.25, -0.2) is 5.43 Å². The molecule has 0 aliphatic rings. The highest BCUT2D eigenvalue weighted by Crippen LogP contribution is 2.17. The van der Waals surface area contributed by atoms with Crippen LogP contribution in [0.5, 0.6) is 17.2 Å². The highest BCUT2D eigenvalue weighted by atomic mass is 35.5. The van der Waals surface area contributed by atoms with Gasteiger partial charge in [0.25, 0.3) is 5.91 Å². The zero-order valence-electron chi connectivity index (χ0n) is 16.4. The molecule has 0 atom stereocenters. The summed E-state index contributed by atoms with van der Waals surface area (Å²) < 4.78 is 16.3. The van der Waals surface area contributed by atoms with E-state index in [-0.39, 0.29) is 12.5 Å². The van der Waals surface area contributed by atoms with Crippen LogP contribution in [-0.4, -0.2) is 25.8 Å². The molecule has 3 aromatic carbocycles. The minimum absolute atomic E-state index is 0.145. The number of benzene rings is 3. The van der Waals surface area contributed by atoms with Crippen molar-refractivity contribution >= 4 is 23.7 Å². The Morgan fingerprint density at radius 3 is 2.43 bits per heavy atom. The van der Waals surface area contributed by atoms with Crippen molar-refractivity contribution in [2.75, 3.05) is 13.7 Å². The predicted molar refractivity (Wildman–Crippen MR) is 116 cm³/mol. The minimum atomic E-state index is -0.364. The van der Waals surface area contributed by atoms with Gasteiger partial charge in [0.2, 0.25) is 0 Å². The third-order valence-electron chi connectivity index (χ3n) is 4.01. The normalized spacial score (nSPS) is 10.6. The Morgan fingerprint density at radius 2 is 1.70 bits per heavy atom. The van der Waals surface area contributed by atoms with E-state index in [9.17, 15) is 4.79 Å². The topological polar surface area (TPSA) is 69.2 Å². The summed E-state index contributed by atoms with van der Waals surface area (Å²) in [5.41, 5.74) is 4.24. The van der Waals surface area contributed by atoms with Gasteiger partial charge in [0, 0.05) is 5.02 Å². The smallest absolute Gasteiger partial charge is 0.277 e. The monoisotopic (exact) mass is 424 g/mol. The minimum Gasteiger partial charge on any atom is -0.497 e. The first-order valence-corrected chi connectivity index (χ1v) is 9.56. The predicted octanol–water partition coefficient (Wildman–Crippen LogP) is 4.46. The Labute approximate surface area is 180 Å². The van der Waals surface area contributed by atoms with E-state index in [1.165, 1.54) is 0 Å². The van der Waals surface area contributed by atoms with E-state index in [2.05, 4.69) is 10.5 Å². The molecule has 0 aromatic heterocycles. The molecule has 1 amide bonds. The number of hydrogen-bond donors (Lipinski definition) is 1. The molecule has 0 bridgehead atoms. The number of hydrogen-bond acceptors (Lipinski definition) is 5. The molecule has 0 saturated heterocycles. The molecule has 30 heavy (non-hydrogen) atoms. The number of hydrazone groups is 1. The van der Waals surface area contributed by atoms with E-state index >= 15 is 0 Å². The van der Waals surface area contributed by atoms with Crippen LogP contribution in [0.1, 0.15) is 11.1 Å². The molecule has 0 radical (unpaired) electrons. The van der Waals surface area contributed by atoms with Crippen LogP contribution in [0, 0.1) is 0 Å². The fourth-order valence-corrected chi connectivity index (χ4v) is 2.59. The molecule has 0 unspecified atom stereocenters. The van der Waals surface area contributed by atoms with Crippen LogP contribution in [0.25, 0.3) is 0 Å². The maximum Gasteiger partial charge on any atom is 0.277 e. The molecular formula is C23H21ClN2O4. The van der Waals surface area contributed by atoms with Gasteiger partial charge in [-0.1, -0.05) is 35.9 Å². The van der Waals surface area contributed by atoms with E-state index in [1.807, 2.05) is 48.5 Å². The summed E-state index contributed by atoms with van der Waals surface area (Å²) in [6.07, 6.45) is 1.54. The van der Waals surface area contributed by atoms with Gasteiger partial charge >= 0.3 is 0 Å². The van der Waals surface area contributed by atoms with Crippen LogP contribution in [0.15, 0.2) is 77.9 Å². The Kier molecular flexibility index (Phi) is 7.69. The van der Waals surface area contributed by atoms with Gasteiger partial charge in [-0.3, -0.25) is 4.79 Å². The summed E-state index contributed by atoms with van der Waals surface area (Å²) in [6, 6.07) is 21.8. The van der Waals surface area contributed by atoms with Gasteiger partial charge in [-0.05, 0) is 59.7 Å². The van der Waals surface area contributed by atoms with Crippen molar-refractivity contribution in [3.8, 4) is 17.2 Å². The van der Waals surface area contributed by atoms with Crippen LogP contribution >= 0.6 is 11.6 Å². The lowest BCUT2D eigenvalue weighted by atomic mass is 10.2. The summed E-state index contributed by atoms with van der Waals surface area (Å²) >= 11 is 5.88. The van der Waals surface area contributed by atoms with Crippen LogP contribution in [0.3, 0.4) is 0 Å². The standard InChI is InChI=1S/C23H21ClN2O4/c1-28-20-9-11-21(12-10-20)30-16-23(27)26-25-14-18-3-2-4-22(13-18)29-15-17-5-7-19(24)8-6-17/h2-14H,15-16H2,1H3,(H,26,27)/b25-14-. The summed E-state index contributed by atoms with van der Waals surface area (Å²) in [7, 11) is 1.59. The largest absolute Gasteiger partial charge is 0.497 e. The highest BCUT2D eigenvalue weighted by molar-refractivity contribution is 6.30. The van der Waals surface area contributed by atoms with Crippen molar-refractivity contribution in [2.24, 2.45) is 5.10 Å². The number of ether oxygens (including phenoxy) is 3. The lowest BCUT2D eigenvalue weighted by Gasteiger charge is -2.07. The SMILES string of the molecule is COc1ccc(OCC(=O)N/N=C\c2cccc(OCc3ccc(Cl)cc3)c2)cc1. The van der Waals surface area contributed by atoms with Crippen molar-refractivity contribution in [3.63, 3.8) is 0 Å². The molecule has 0 aliphatic heterocycles. The van der Waals surface area contributed by atoms with E-state index < -0.39 is 0 Å². The molecule has 0 saturated carbocycles. The number of nitrogens with zero attached hydrogens (tertiary/aromatic N) is 1. The number of methoxy groups -OCH3 is 1. The van der Waals surface area contributed by atoms with Crippen LogP contribution in [0.2, 0.25) is 5.02 Å². The van der Waals surface area contributed by atoms with Gasteiger partial charge in [0.05, 0.1) is 13.3 Å². The maximum atomic E-state index is 11.9. The van der Waals surface area contributed by atoms with Gasteiger partial charge in [0.15, 0.2) is 6.61 Å². The fraction of sp³-hybridized carbons (Fsp3) is 0.130. The van der Waals surface area contributed by atoms with E-state index in [0.717, 1.165) is 16.9 Å². The van der Waals surface area contributed by atoms with Crippen molar-refractivity contribution in [1.82, 2.24) is 5.43 Å². The Bertz CT molecular complexity index is 989. The summed E-state index contributed by atoms with van der Waals surface area (Å²) in [6.45, 7) is 0.283. The molecule has 0 heterocycles. The third kappa shape index (κ3) is 6.83. The summed E-state index contributed by atoms with van der Waals surface area (Å²) in [5.74, 6) is 1.62. The molecule has 1 N–H and O–H groups in total. The van der Waals surface area contributed by atoms with Crippen molar-refractivity contribution in [3.05, 3.63) is 88.9 Å². The third-order valence-corrected chi connectivity index (χ3v) is 4.26. The number of rotatable bonds is 9. The Balaban J connectivity index is 1.45. The average molecular weight is 425 g/mol. The first-order chi connectivity index (χ1) is 14.6. The van der Waals surface area contributed by atoms with Crippen LogP contribution < -0.4 is 19.6 Å². The number of carbonyl (C=O) groups is 1. The van der Waals surface area contributed by atoms with E-state index in [0.29, 0.717) is 23.1 Å². The lowest BCUT2D eigenvalue weighted by molar-refractivity contribution is -0.123. The summed E-state index contributed by atoms with van der Waals surface area (Å²) in [5, 5.41) is 4.64. The summed E-state index contributed by atoms with van der Waals surface area (Å²) in [4.78, 5) is 11.9. The molecule has 154 valence electrons. The van der Waals surface area contributed by atoms with Crippen LogP contribution in [0.4, 0.5) is 0 Å². The zero-order valence-corrected chi connectivity index (χ0v) is 17.1. The number of carbonyl (C=O) groups excluding carboxylic acids is 1. The van der Waals surface area contributed by atoms with Crippen molar-refractivity contribution in [2.45, 2.75) is 6.61 Å².